The SMILES string of the molecule is CCC(NC)c1cnn(CCOCCC(C)C)c1. The van der Waals surface area contributed by atoms with Crippen LogP contribution in [0.25, 0.3) is 0 Å². The Bertz CT molecular complexity index is 319. The molecule has 1 rings (SSSR count). The smallest absolute Gasteiger partial charge is 0.0662 e. The van der Waals surface area contributed by atoms with Gasteiger partial charge in [-0.1, -0.05) is 20.8 Å². The Balaban J connectivity index is 2.27. The van der Waals surface area contributed by atoms with E-state index in [-0.39, 0.29) is 0 Å². The molecule has 0 aliphatic rings. The summed E-state index contributed by atoms with van der Waals surface area (Å²) in [7, 11) is 1.99. The lowest BCUT2D eigenvalue weighted by molar-refractivity contribution is 0.114. The van der Waals surface area contributed by atoms with Gasteiger partial charge in [0.25, 0.3) is 0 Å². The summed E-state index contributed by atoms with van der Waals surface area (Å²) in [5.41, 5.74) is 1.25. The topological polar surface area (TPSA) is 39.1 Å². The van der Waals surface area contributed by atoms with Crippen LogP contribution in [0.5, 0.6) is 0 Å². The predicted octanol–water partition coefficient (Wildman–Crippen LogP) is 2.62. The highest BCUT2D eigenvalue weighted by molar-refractivity contribution is 5.09. The van der Waals surface area contributed by atoms with Crippen molar-refractivity contribution < 1.29 is 4.74 Å². The normalized spacial score (nSPS) is 13.2. The van der Waals surface area contributed by atoms with Crippen molar-refractivity contribution in [1.29, 1.82) is 0 Å². The summed E-state index contributed by atoms with van der Waals surface area (Å²) in [6.07, 6.45) is 6.25. The van der Waals surface area contributed by atoms with Crippen molar-refractivity contribution in [2.24, 2.45) is 5.92 Å². The molecule has 18 heavy (non-hydrogen) atoms. The predicted molar refractivity (Wildman–Crippen MR) is 74.6 cm³/mol. The van der Waals surface area contributed by atoms with Crippen molar-refractivity contribution >= 4 is 0 Å². The van der Waals surface area contributed by atoms with Gasteiger partial charge in [0.2, 0.25) is 0 Å². The molecule has 0 aromatic carbocycles. The second-order valence-electron chi connectivity index (χ2n) is 5.08. The molecule has 1 aromatic heterocycles. The Labute approximate surface area is 111 Å². The number of rotatable bonds is 9. The largest absolute Gasteiger partial charge is 0.380 e. The molecule has 0 radical (unpaired) electrons. The fourth-order valence-electron chi connectivity index (χ4n) is 1.87. The second-order valence-corrected chi connectivity index (χ2v) is 5.08. The maximum absolute atomic E-state index is 5.59. The summed E-state index contributed by atoms with van der Waals surface area (Å²) < 4.78 is 7.56. The van der Waals surface area contributed by atoms with Crippen LogP contribution in [-0.4, -0.2) is 30.0 Å². The molecule has 1 aromatic rings. The van der Waals surface area contributed by atoms with Crippen LogP contribution in [0, 0.1) is 5.92 Å². The maximum Gasteiger partial charge on any atom is 0.0662 e. The average molecular weight is 253 g/mol. The molecule has 1 atom stereocenters. The van der Waals surface area contributed by atoms with E-state index in [1.165, 1.54) is 5.56 Å². The van der Waals surface area contributed by atoms with E-state index >= 15 is 0 Å². The summed E-state index contributed by atoms with van der Waals surface area (Å²) in [4.78, 5) is 0. The lowest BCUT2D eigenvalue weighted by Gasteiger charge is -2.10. The van der Waals surface area contributed by atoms with Crippen molar-refractivity contribution in [2.75, 3.05) is 20.3 Å². The molecule has 1 N–H and O–H groups in total. The standard InChI is InChI=1S/C14H27N3O/c1-5-14(15-4)13-10-16-17(11-13)7-9-18-8-6-12(2)3/h10-12,14-15H,5-9H2,1-4H3. The van der Waals surface area contributed by atoms with Crippen molar-refractivity contribution in [3.63, 3.8) is 0 Å². The van der Waals surface area contributed by atoms with E-state index in [1.54, 1.807) is 0 Å². The van der Waals surface area contributed by atoms with Gasteiger partial charge in [0.15, 0.2) is 0 Å². The lowest BCUT2D eigenvalue weighted by atomic mass is 10.1. The number of hydrogen-bond donors (Lipinski definition) is 1. The van der Waals surface area contributed by atoms with Gasteiger partial charge in [0.1, 0.15) is 0 Å². The van der Waals surface area contributed by atoms with Gasteiger partial charge in [-0.05, 0) is 25.8 Å². The number of ether oxygens (including phenoxy) is 1. The van der Waals surface area contributed by atoms with Gasteiger partial charge in [-0.3, -0.25) is 4.68 Å². The highest BCUT2D eigenvalue weighted by Crippen LogP contribution is 2.14. The molecule has 0 saturated carbocycles. The third kappa shape index (κ3) is 5.19. The van der Waals surface area contributed by atoms with Crippen LogP contribution in [0.4, 0.5) is 0 Å². The van der Waals surface area contributed by atoms with E-state index in [0.29, 0.717) is 12.0 Å². The molecule has 0 bridgehead atoms. The van der Waals surface area contributed by atoms with Gasteiger partial charge in [0, 0.05) is 24.4 Å². The molecule has 104 valence electrons. The first-order chi connectivity index (χ1) is 8.67. The second kappa shape index (κ2) is 8.27. The fourth-order valence-corrected chi connectivity index (χ4v) is 1.87. The molecule has 0 aliphatic heterocycles. The van der Waals surface area contributed by atoms with Crippen molar-refractivity contribution in [2.45, 2.75) is 46.2 Å². The highest BCUT2D eigenvalue weighted by atomic mass is 16.5. The van der Waals surface area contributed by atoms with Crippen molar-refractivity contribution in [3.8, 4) is 0 Å². The zero-order valence-corrected chi connectivity index (χ0v) is 12.1. The summed E-state index contributed by atoms with van der Waals surface area (Å²) in [5, 5.41) is 7.65. The minimum atomic E-state index is 0.403. The molecule has 0 aliphatic carbocycles. The molecule has 4 heteroatoms. The van der Waals surface area contributed by atoms with Gasteiger partial charge in [-0.25, -0.2) is 0 Å². The maximum atomic E-state index is 5.59. The Hall–Kier alpha value is -0.870. The molecule has 4 nitrogen and oxygen atoms in total. The summed E-state index contributed by atoms with van der Waals surface area (Å²) >= 11 is 0. The zero-order chi connectivity index (χ0) is 13.4. The van der Waals surface area contributed by atoms with Crippen LogP contribution in [0.15, 0.2) is 12.4 Å². The molecule has 1 heterocycles. The van der Waals surface area contributed by atoms with E-state index in [2.05, 4.69) is 37.4 Å². The Kier molecular flexibility index (Phi) is 6.98. The first kappa shape index (κ1) is 15.2. The first-order valence-electron chi connectivity index (χ1n) is 6.94. The monoisotopic (exact) mass is 253 g/mol. The van der Waals surface area contributed by atoms with Crippen LogP contribution >= 0.6 is 0 Å². The molecular weight excluding hydrogens is 226 g/mol. The Morgan fingerprint density at radius 2 is 2.17 bits per heavy atom. The van der Waals surface area contributed by atoms with Gasteiger partial charge in [-0.2, -0.15) is 5.10 Å². The van der Waals surface area contributed by atoms with E-state index in [1.807, 2.05) is 17.9 Å². The highest BCUT2D eigenvalue weighted by Gasteiger charge is 2.08. The van der Waals surface area contributed by atoms with Crippen LogP contribution in [0.1, 0.15) is 45.2 Å². The molecular formula is C14H27N3O. The first-order valence-corrected chi connectivity index (χ1v) is 6.94. The van der Waals surface area contributed by atoms with E-state index < -0.39 is 0 Å². The Morgan fingerprint density at radius 3 is 2.78 bits per heavy atom. The number of hydrogen-bond acceptors (Lipinski definition) is 3. The third-order valence-electron chi connectivity index (χ3n) is 3.12. The number of aromatic nitrogens is 2. The molecule has 0 spiro atoms. The molecule has 0 amide bonds. The van der Waals surface area contributed by atoms with Gasteiger partial charge in [-0.15, -0.1) is 0 Å². The van der Waals surface area contributed by atoms with Gasteiger partial charge >= 0.3 is 0 Å². The van der Waals surface area contributed by atoms with Gasteiger partial charge < -0.3 is 10.1 Å². The van der Waals surface area contributed by atoms with E-state index in [9.17, 15) is 0 Å². The zero-order valence-electron chi connectivity index (χ0n) is 12.1. The van der Waals surface area contributed by atoms with Crippen molar-refractivity contribution in [1.82, 2.24) is 15.1 Å². The van der Waals surface area contributed by atoms with Crippen LogP contribution in [-0.2, 0) is 11.3 Å². The lowest BCUT2D eigenvalue weighted by Crippen LogP contribution is -2.14. The molecule has 0 saturated heterocycles. The van der Waals surface area contributed by atoms with Crippen LogP contribution in [0.3, 0.4) is 0 Å². The van der Waals surface area contributed by atoms with Gasteiger partial charge in [0.05, 0.1) is 19.3 Å². The fraction of sp³-hybridized carbons (Fsp3) is 0.786. The molecule has 0 fully saturated rings. The molecule has 1 unspecified atom stereocenters. The van der Waals surface area contributed by atoms with Crippen LogP contribution < -0.4 is 5.32 Å². The summed E-state index contributed by atoms with van der Waals surface area (Å²) in [5.74, 6) is 0.710. The average Bonchev–Trinajstić information content (AvgIpc) is 2.79. The minimum Gasteiger partial charge on any atom is -0.380 e. The Morgan fingerprint density at radius 1 is 1.39 bits per heavy atom. The quantitative estimate of drug-likeness (QED) is 0.688. The summed E-state index contributed by atoms with van der Waals surface area (Å²) in [6.45, 7) is 9.02. The third-order valence-corrected chi connectivity index (χ3v) is 3.12. The van der Waals surface area contributed by atoms with E-state index in [0.717, 1.165) is 32.6 Å². The minimum absolute atomic E-state index is 0.403. The van der Waals surface area contributed by atoms with Crippen LogP contribution in [0.2, 0.25) is 0 Å². The summed E-state index contributed by atoms with van der Waals surface area (Å²) in [6, 6.07) is 0.403. The van der Waals surface area contributed by atoms with E-state index in [4.69, 9.17) is 4.74 Å². The number of nitrogens with one attached hydrogen (secondary N) is 1. The number of nitrogens with zero attached hydrogens (tertiary/aromatic N) is 2. The van der Waals surface area contributed by atoms with Crippen molar-refractivity contribution in [3.05, 3.63) is 18.0 Å².